The molecule has 0 aromatic carbocycles. The molecule has 19 heavy (non-hydrogen) atoms. The van der Waals surface area contributed by atoms with Gasteiger partial charge in [0.2, 0.25) is 5.88 Å². The molecule has 2 heterocycles. The van der Waals surface area contributed by atoms with Crippen molar-refractivity contribution < 1.29 is 14.6 Å². The van der Waals surface area contributed by atoms with Crippen molar-refractivity contribution in [2.75, 3.05) is 18.2 Å². The topological polar surface area (TPSA) is 110 Å². The van der Waals surface area contributed by atoms with Crippen molar-refractivity contribution in [3.05, 3.63) is 36.2 Å². The Morgan fingerprint density at radius 3 is 2.74 bits per heavy atom. The quantitative estimate of drug-likeness (QED) is 0.764. The number of carbonyl (C=O) groups is 1. The molecule has 0 aliphatic heterocycles. The lowest BCUT2D eigenvalue weighted by molar-refractivity contribution is 0.0698. The van der Waals surface area contributed by atoms with Gasteiger partial charge in [-0.05, 0) is 12.1 Å². The molecule has 0 saturated carbocycles. The Bertz CT molecular complexity index is 598. The van der Waals surface area contributed by atoms with E-state index in [1.54, 1.807) is 18.3 Å². The Balaban J connectivity index is 2.22. The third kappa shape index (κ3) is 2.89. The molecule has 0 amide bonds. The summed E-state index contributed by atoms with van der Waals surface area (Å²) in [4.78, 5) is 19.0. The van der Waals surface area contributed by atoms with Crippen LogP contribution < -0.4 is 15.8 Å². The van der Waals surface area contributed by atoms with Crippen LogP contribution in [0.5, 0.6) is 5.88 Å². The van der Waals surface area contributed by atoms with Gasteiger partial charge in [-0.2, -0.15) is 0 Å². The number of anilines is 3. The first kappa shape index (κ1) is 12.6. The van der Waals surface area contributed by atoms with Crippen molar-refractivity contribution in [2.24, 2.45) is 0 Å². The lowest BCUT2D eigenvalue weighted by Crippen LogP contribution is -2.05. The maximum absolute atomic E-state index is 10.9. The summed E-state index contributed by atoms with van der Waals surface area (Å²) in [5.74, 6) is -0.239. The maximum atomic E-state index is 10.9. The SMILES string of the molecule is COc1ccc(Nc2cc(C(=O)O)c(N)cn2)cn1. The summed E-state index contributed by atoms with van der Waals surface area (Å²) in [5.41, 5.74) is 6.30. The molecule has 0 atom stereocenters. The van der Waals surface area contributed by atoms with Crippen LogP contribution in [0, 0.1) is 0 Å². The Morgan fingerprint density at radius 2 is 2.16 bits per heavy atom. The molecule has 0 unspecified atom stereocenters. The number of nitrogens with zero attached hydrogens (tertiary/aromatic N) is 2. The number of carboxylic acids is 1. The minimum absolute atomic E-state index is 0.000953. The highest BCUT2D eigenvalue weighted by Crippen LogP contribution is 2.19. The Hall–Kier alpha value is -2.83. The normalized spacial score (nSPS) is 9.95. The first-order chi connectivity index (χ1) is 9.10. The number of aromatic carboxylic acids is 1. The summed E-state index contributed by atoms with van der Waals surface area (Å²) in [6.07, 6.45) is 2.85. The number of rotatable bonds is 4. The first-order valence-electron chi connectivity index (χ1n) is 5.36. The number of nitrogen functional groups attached to an aromatic ring is 1. The predicted octanol–water partition coefficient (Wildman–Crippen LogP) is 1.51. The average Bonchev–Trinajstić information content (AvgIpc) is 2.41. The van der Waals surface area contributed by atoms with Gasteiger partial charge in [0, 0.05) is 6.07 Å². The van der Waals surface area contributed by atoms with Gasteiger partial charge >= 0.3 is 5.97 Å². The molecule has 98 valence electrons. The number of carboxylic acid groups (broad SMARTS) is 1. The highest BCUT2D eigenvalue weighted by molar-refractivity contribution is 5.94. The lowest BCUT2D eigenvalue weighted by Gasteiger charge is -2.07. The molecule has 2 rings (SSSR count). The van der Waals surface area contributed by atoms with Gasteiger partial charge in [-0.3, -0.25) is 0 Å². The van der Waals surface area contributed by atoms with Gasteiger partial charge < -0.3 is 20.9 Å². The van der Waals surface area contributed by atoms with E-state index in [-0.39, 0.29) is 11.3 Å². The molecular formula is C12H12N4O3. The van der Waals surface area contributed by atoms with E-state index in [4.69, 9.17) is 15.6 Å². The van der Waals surface area contributed by atoms with E-state index in [9.17, 15) is 4.79 Å². The van der Waals surface area contributed by atoms with Crippen molar-refractivity contribution in [3.63, 3.8) is 0 Å². The van der Waals surface area contributed by atoms with E-state index in [1.807, 2.05) is 0 Å². The fourth-order valence-electron chi connectivity index (χ4n) is 1.44. The molecule has 2 aromatic rings. The van der Waals surface area contributed by atoms with Crippen molar-refractivity contribution in [1.29, 1.82) is 0 Å². The van der Waals surface area contributed by atoms with E-state index in [0.717, 1.165) is 0 Å². The Morgan fingerprint density at radius 1 is 1.37 bits per heavy atom. The maximum Gasteiger partial charge on any atom is 0.337 e. The van der Waals surface area contributed by atoms with Crippen molar-refractivity contribution in [3.8, 4) is 5.88 Å². The third-order valence-electron chi connectivity index (χ3n) is 2.38. The standard InChI is InChI=1S/C12H12N4O3/c1-19-11-3-2-7(5-15-11)16-10-4-8(12(17)18)9(13)6-14-10/h2-6H,13H2,1H3,(H,14,16)(H,17,18). The molecule has 2 aromatic heterocycles. The van der Waals surface area contributed by atoms with Gasteiger partial charge in [-0.15, -0.1) is 0 Å². The van der Waals surface area contributed by atoms with Crippen molar-refractivity contribution in [1.82, 2.24) is 9.97 Å². The highest BCUT2D eigenvalue weighted by Gasteiger charge is 2.09. The van der Waals surface area contributed by atoms with Crippen LogP contribution >= 0.6 is 0 Å². The van der Waals surface area contributed by atoms with Gasteiger partial charge in [0.1, 0.15) is 5.82 Å². The van der Waals surface area contributed by atoms with Gasteiger partial charge in [0.25, 0.3) is 0 Å². The number of nitrogens with one attached hydrogen (secondary N) is 1. The summed E-state index contributed by atoms with van der Waals surface area (Å²) in [5, 5.41) is 11.9. The molecule has 0 radical (unpaired) electrons. The van der Waals surface area contributed by atoms with Crippen LogP contribution in [-0.4, -0.2) is 28.2 Å². The molecule has 7 heteroatoms. The molecule has 7 nitrogen and oxygen atoms in total. The zero-order valence-electron chi connectivity index (χ0n) is 10.1. The number of ether oxygens (including phenoxy) is 1. The molecular weight excluding hydrogens is 248 g/mol. The summed E-state index contributed by atoms with van der Waals surface area (Å²) in [6.45, 7) is 0. The monoisotopic (exact) mass is 260 g/mol. The van der Waals surface area contributed by atoms with E-state index < -0.39 is 5.97 Å². The molecule has 0 saturated heterocycles. The third-order valence-corrected chi connectivity index (χ3v) is 2.38. The minimum atomic E-state index is -1.10. The summed E-state index contributed by atoms with van der Waals surface area (Å²) < 4.78 is 4.94. The molecule has 4 N–H and O–H groups in total. The summed E-state index contributed by atoms with van der Waals surface area (Å²) in [6, 6.07) is 4.78. The van der Waals surface area contributed by atoms with Crippen molar-refractivity contribution in [2.45, 2.75) is 0 Å². The zero-order valence-corrected chi connectivity index (χ0v) is 10.1. The zero-order chi connectivity index (χ0) is 13.8. The molecule has 0 aliphatic rings. The number of pyridine rings is 2. The van der Waals surface area contributed by atoms with Gasteiger partial charge in [0.05, 0.1) is 36.4 Å². The fraction of sp³-hybridized carbons (Fsp3) is 0.0833. The van der Waals surface area contributed by atoms with E-state index in [2.05, 4.69) is 15.3 Å². The second kappa shape index (κ2) is 5.21. The minimum Gasteiger partial charge on any atom is -0.481 e. The average molecular weight is 260 g/mol. The van der Waals surface area contributed by atoms with Crippen LogP contribution in [0.4, 0.5) is 17.2 Å². The molecule has 0 fully saturated rings. The van der Waals surface area contributed by atoms with Crippen LogP contribution in [-0.2, 0) is 0 Å². The van der Waals surface area contributed by atoms with Gasteiger partial charge in [0.15, 0.2) is 0 Å². The number of aromatic nitrogens is 2. The van der Waals surface area contributed by atoms with Gasteiger partial charge in [-0.1, -0.05) is 0 Å². The first-order valence-corrected chi connectivity index (χ1v) is 5.36. The van der Waals surface area contributed by atoms with Crippen molar-refractivity contribution >= 4 is 23.2 Å². The van der Waals surface area contributed by atoms with Crippen LogP contribution in [0.2, 0.25) is 0 Å². The number of hydrogen-bond acceptors (Lipinski definition) is 6. The fourth-order valence-corrected chi connectivity index (χ4v) is 1.44. The highest BCUT2D eigenvalue weighted by atomic mass is 16.5. The summed E-state index contributed by atoms with van der Waals surface area (Å²) in [7, 11) is 1.52. The van der Waals surface area contributed by atoms with Gasteiger partial charge in [-0.25, -0.2) is 14.8 Å². The van der Waals surface area contributed by atoms with Crippen LogP contribution in [0.25, 0.3) is 0 Å². The van der Waals surface area contributed by atoms with Crippen LogP contribution in [0.1, 0.15) is 10.4 Å². The van der Waals surface area contributed by atoms with Crippen LogP contribution in [0.3, 0.4) is 0 Å². The van der Waals surface area contributed by atoms with E-state index in [0.29, 0.717) is 17.4 Å². The Kier molecular flexibility index (Phi) is 3.46. The molecule has 0 spiro atoms. The Labute approximate surface area is 109 Å². The second-order valence-corrected chi connectivity index (χ2v) is 3.68. The lowest BCUT2D eigenvalue weighted by atomic mass is 10.2. The molecule has 0 aliphatic carbocycles. The van der Waals surface area contributed by atoms with Crippen LogP contribution in [0.15, 0.2) is 30.6 Å². The summed E-state index contributed by atoms with van der Waals surface area (Å²) >= 11 is 0. The smallest absolute Gasteiger partial charge is 0.337 e. The number of nitrogens with two attached hydrogens (primary N) is 1. The number of hydrogen-bond donors (Lipinski definition) is 3. The second-order valence-electron chi connectivity index (χ2n) is 3.68. The predicted molar refractivity (Wildman–Crippen MR) is 69.7 cm³/mol. The largest absolute Gasteiger partial charge is 0.481 e. The van der Waals surface area contributed by atoms with E-state index in [1.165, 1.54) is 19.4 Å². The molecule has 0 bridgehead atoms. The number of methoxy groups -OCH3 is 1. The van der Waals surface area contributed by atoms with E-state index >= 15 is 0 Å².